The van der Waals surface area contributed by atoms with Crippen molar-refractivity contribution in [2.24, 2.45) is 0 Å². The van der Waals surface area contributed by atoms with Gasteiger partial charge in [-0.25, -0.2) is 22.0 Å². The Balaban J connectivity index is 3.00. The van der Waals surface area contributed by atoms with Crippen LogP contribution in [0.5, 0.6) is 0 Å². The first kappa shape index (κ1) is 16.2. The fraction of sp³-hybridized carbons (Fsp3) is 0.364. The Morgan fingerprint density at radius 2 is 1.90 bits per heavy atom. The number of nitrogens with one attached hydrogen (secondary N) is 1. The number of amides is 1. The average molecular weight is 308 g/mol. The van der Waals surface area contributed by atoms with E-state index in [1.807, 2.05) is 0 Å². The Labute approximate surface area is 115 Å². The van der Waals surface area contributed by atoms with Gasteiger partial charge < -0.3 is 10.1 Å². The van der Waals surface area contributed by atoms with Crippen molar-refractivity contribution >= 4 is 21.8 Å². The van der Waals surface area contributed by atoms with Gasteiger partial charge >= 0.3 is 6.09 Å². The van der Waals surface area contributed by atoms with Crippen molar-refractivity contribution in [3.63, 3.8) is 0 Å². The number of carbonyl (C=O) groups excluding carboxylic acids is 1. The zero-order valence-electron chi connectivity index (χ0n) is 10.9. The quantitative estimate of drug-likeness (QED) is 0.883. The van der Waals surface area contributed by atoms with E-state index >= 15 is 0 Å². The van der Waals surface area contributed by atoms with Crippen molar-refractivity contribution in [1.29, 1.82) is 0 Å². The van der Waals surface area contributed by atoms with Crippen LogP contribution >= 0.6 is 0 Å². The summed E-state index contributed by atoms with van der Waals surface area (Å²) in [7, 11) is -2.77. The molecule has 20 heavy (non-hydrogen) atoms. The van der Waals surface area contributed by atoms with Crippen LogP contribution in [0.3, 0.4) is 0 Å². The molecule has 0 aliphatic carbocycles. The Morgan fingerprint density at radius 3 is 2.35 bits per heavy atom. The number of halogens is 2. The molecular formula is C11H14F2N2O4S. The number of sulfonamides is 1. The molecule has 1 amide bonds. The first-order valence-corrected chi connectivity index (χ1v) is 7.35. The molecule has 1 aromatic carbocycles. The van der Waals surface area contributed by atoms with Gasteiger partial charge in [-0.05, 0) is 12.1 Å². The summed E-state index contributed by atoms with van der Waals surface area (Å²) < 4.78 is 55.4. The topological polar surface area (TPSA) is 75.7 Å². The minimum Gasteiger partial charge on any atom is -0.453 e. The van der Waals surface area contributed by atoms with Crippen molar-refractivity contribution in [3.05, 3.63) is 29.8 Å². The zero-order chi connectivity index (χ0) is 15.3. The number of benzene rings is 1. The molecule has 0 bridgehead atoms. The van der Waals surface area contributed by atoms with Crippen LogP contribution in [0.25, 0.3) is 0 Å². The highest BCUT2D eigenvalue weighted by molar-refractivity contribution is 7.92. The van der Waals surface area contributed by atoms with Gasteiger partial charge in [-0.15, -0.1) is 0 Å². The standard InChI is InChI=1S/C11H14F2N2O4S/c1-19-11(16)14-6-7-15(20(2,17)18)10-8(12)4-3-5-9(10)13/h3-5H,6-7H2,1-2H3,(H,14,16). The molecule has 0 fully saturated rings. The molecule has 0 saturated heterocycles. The predicted octanol–water partition coefficient (Wildman–Crippen LogP) is 1.09. The molecule has 0 atom stereocenters. The Morgan fingerprint density at radius 1 is 1.35 bits per heavy atom. The molecule has 0 aliphatic rings. The predicted molar refractivity (Wildman–Crippen MR) is 69.0 cm³/mol. The second kappa shape index (κ2) is 6.51. The largest absolute Gasteiger partial charge is 0.453 e. The molecule has 6 nitrogen and oxygen atoms in total. The first-order chi connectivity index (χ1) is 9.27. The zero-order valence-corrected chi connectivity index (χ0v) is 11.7. The minimum atomic E-state index is -3.91. The molecule has 0 radical (unpaired) electrons. The van der Waals surface area contributed by atoms with Crippen LogP contribution in [0.15, 0.2) is 18.2 Å². The van der Waals surface area contributed by atoms with Crippen LogP contribution in [0, 0.1) is 11.6 Å². The molecule has 0 spiro atoms. The Bertz CT molecular complexity index is 572. The van der Waals surface area contributed by atoms with Crippen molar-refractivity contribution in [2.75, 3.05) is 30.8 Å². The van der Waals surface area contributed by atoms with Crippen molar-refractivity contribution in [1.82, 2.24) is 5.32 Å². The van der Waals surface area contributed by atoms with E-state index in [2.05, 4.69) is 10.1 Å². The lowest BCUT2D eigenvalue weighted by Crippen LogP contribution is -2.39. The van der Waals surface area contributed by atoms with Gasteiger partial charge in [0.15, 0.2) is 11.6 Å². The van der Waals surface area contributed by atoms with E-state index in [1.54, 1.807) is 0 Å². The lowest BCUT2D eigenvalue weighted by Gasteiger charge is -2.23. The van der Waals surface area contributed by atoms with Crippen LogP contribution in [0.2, 0.25) is 0 Å². The fourth-order valence-corrected chi connectivity index (χ4v) is 2.43. The van der Waals surface area contributed by atoms with Gasteiger partial charge in [0.2, 0.25) is 10.0 Å². The third kappa shape index (κ3) is 4.05. The summed E-state index contributed by atoms with van der Waals surface area (Å²) in [6.07, 6.45) is 0.0456. The lowest BCUT2D eigenvalue weighted by atomic mass is 10.3. The van der Waals surface area contributed by atoms with Crippen LogP contribution in [-0.4, -0.2) is 41.0 Å². The molecule has 112 valence electrons. The summed E-state index contributed by atoms with van der Waals surface area (Å²) in [5, 5.41) is 2.23. The number of hydrogen-bond donors (Lipinski definition) is 1. The van der Waals surface area contributed by atoms with E-state index in [0.29, 0.717) is 4.31 Å². The van der Waals surface area contributed by atoms with E-state index < -0.39 is 33.4 Å². The van der Waals surface area contributed by atoms with Crippen molar-refractivity contribution in [3.8, 4) is 0 Å². The fourth-order valence-electron chi connectivity index (χ4n) is 1.50. The summed E-state index contributed by atoms with van der Waals surface area (Å²) in [5.74, 6) is -2.01. The van der Waals surface area contributed by atoms with E-state index in [-0.39, 0.29) is 13.1 Å². The lowest BCUT2D eigenvalue weighted by molar-refractivity contribution is 0.171. The normalized spacial score (nSPS) is 11.0. The molecule has 9 heteroatoms. The number of carbonyl (C=O) groups is 1. The summed E-state index contributed by atoms with van der Waals surface area (Å²) in [6, 6.07) is 3.02. The highest BCUT2D eigenvalue weighted by Crippen LogP contribution is 2.24. The van der Waals surface area contributed by atoms with E-state index in [1.165, 1.54) is 0 Å². The molecule has 0 heterocycles. The summed E-state index contributed by atoms with van der Waals surface area (Å²) >= 11 is 0. The van der Waals surface area contributed by atoms with Crippen molar-refractivity contribution < 1.29 is 26.7 Å². The monoisotopic (exact) mass is 308 g/mol. The summed E-state index contributed by atoms with van der Waals surface area (Å²) in [6.45, 7) is -0.487. The number of anilines is 1. The van der Waals surface area contributed by atoms with Gasteiger partial charge in [0.25, 0.3) is 0 Å². The van der Waals surface area contributed by atoms with Gasteiger partial charge in [-0.1, -0.05) is 6.07 Å². The third-order valence-corrected chi connectivity index (χ3v) is 3.52. The smallest absolute Gasteiger partial charge is 0.406 e. The molecule has 1 aromatic rings. The number of ether oxygens (including phenoxy) is 1. The average Bonchev–Trinajstić information content (AvgIpc) is 2.35. The van der Waals surface area contributed by atoms with E-state index in [0.717, 1.165) is 31.6 Å². The Hall–Kier alpha value is -1.90. The van der Waals surface area contributed by atoms with E-state index in [9.17, 15) is 22.0 Å². The van der Waals surface area contributed by atoms with Gasteiger partial charge in [0.1, 0.15) is 5.69 Å². The maximum Gasteiger partial charge on any atom is 0.406 e. The van der Waals surface area contributed by atoms with Crippen LogP contribution in [0.4, 0.5) is 19.3 Å². The molecule has 1 N–H and O–H groups in total. The van der Waals surface area contributed by atoms with Gasteiger partial charge in [0.05, 0.1) is 19.9 Å². The molecule has 1 rings (SSSR count). The highest BCUT2D eigenvalue weighted by Gasteiger charge is 2.24. The molecular weight excluding hydrogens is 294 g/mol. The number of alkyl carbamates (subject to hydrolysis) is 1. The van der Waals surface area contributed by atoms with Crippen LogP contribution in [-0.2, 0) is 14.8 Å². The number of hydrogen-bond acceptors (Lipinski definition) is 4. The second-order valence-corrected chi connectivity index (χ2v) is 5.73. The van der Waals surface area contributed by atoms with Gasteiger partial charge in [-0.2, -0.15) is 0 Å². The second-order valence-electron chi connectivity index (χ2n) is 3.82. The van der Waals surface area contributed by atoms with Crippen molar-refractivity contribution in [2.45, 2.75) is 0 Å². The van der Waals surface area contributed by atoms with Gasteiger partial charge in [-0.3, -0.25) is 4.31 Å². The number of para-hydroxylation sites is 1. The van der Waals surface area contributed by atoms with Gasteiger partial charge in [0, 0.05) is 6.54 Å². The molecule has 0 aliphatic heterocycles. The SMILES string of the molecule is COC(=O)NCCN(c1c(F)cccc1F)S(C)(=O)=O. The third-order valence-electron chi connectivity index (χ3n) is 2.36. The van der Waals surface area contributed by atoms with Crippen LogP contribution < -0.4 is 9.62 Å². The summed E-state index contributed by atoms with van der Waals surface area (Å²) in [4.78, 5) is 10.9. The number of methoxy groups -OCH3 is 1. The van der Waals surface area contributed by atoms with E-state index in [4.69, 9.17) is 0 Å². The maximum atomic E-state index is 13.6. The first-order valence-electron chi connectivity index (χ1n) is 5.51. The Kier molecular flexibility index (Phi) is 5.26. The minimum absolute atomic E-state index is 0.159. The highest BCUT2D eigenvalue weighted by atomic mass is 32.2. The molecule has 0 unspecified atom stereocenters. The molecule has 0 saturated carbocycles. The maximum absolute atomic E-state index is 13.6. The number of rotatable bonds is 5. The molecule has 0 aromatic heterocycles. The summed E-state index contributed by atoms with van der Waals surface area (Å²) in [5.41, 5.74) is -0.679. The van der Waals surface area contributed by atoms with Crippen LogP contribution in [0.1, 0.15) is 0 Å². The number of nitrogens with zero attached hydrogens (tertiary/aromatic N) is 1.